The summed E-state index contributed by atoms with van der Waals surface area (Å²) in [6.45, 7) is 24.8. The van der Waals surface area contributed by atoms with Crippen LogP contribution in [0, 0.1) is 5.92 Å². The average Bonchev–Trinajstić information content (AvgIpc) is 2.05. The van der Waals surface area contributed by atoms with E-state index in [1.807, 2.05) is 0 Å². The maximum absolute atomic E-state index is 6.66. The number of hydrogen-bond donors (Lipinski definition) is 0. The van der Waals surface area contributed by atoms with Gasteiger partial charge in [-0.25, -0.2) is 0 Å². The molecule has 7 heteroatoms. The Bertz CT molecular complexity index is 286. The van der Waals surface area contributed by atoms with Crippen LogP contribution in [0.25, 0.3) is 0 Å². The van der Waals surface area contributed by atoms with E-state index in [1.54, 1.807) is 0 Å². The Balaban J connectivity index is 5.39. The van der Waals surface area contributed by atoms with Crippen LogP contribution in [0.4, 0.5) is 0 Å². The van der Waals surface area contributed by atoms with Crippen LogP contribution in [0.1, 0.15) is 26.7 Å². The second-order valence-electron chi connectivity index (χ2n) is 9.61. The molecular formula is C15H40O3Si4. The van der Waals surface area contributed by atoms with E-state index in [0.29, 0.717) is 0 Å². The lowest BCUT2D eigenvalue weighted by Gasteiger charge is -2.43. The highest BCUT2D eigenvalue weighted by atomic mass is 28.5. The van der Waals surface area contributed by atoms with Crippen LogP contribution in [0.5, 0.6) is 0 Å². The van der Waals surface area contributed by atoms with Gasteiger partial charge in [-0.05, 0) is 71.3 Å². The van der Waals surface area contributed by atoms with Crippen LogP contribution in [0.15, 0.2) is 0 Å². The van der Waals surface area contributed by atoms with Crippen molar-refractivity contribution >= 4 is 33.8 Å². The molecule has 3 nitrogen and oxygen atoms in total. The standard InChI is InChI=1S/C15H40O3Si4/c1-15(2)13-12-14-22(16-19(3,4)5,17-20(6,7)8)18-21(9,10)11/h15H,12-14H2,1-11H3. The quantitative estimate of drug-likeness (QED) is 0.440. The fourth-order valence-corrected chi connectivity index (χ4v) is 17.0. The van der Waals surface area contributed by atoms with Crippen molar-refractivity contribution in [1.82, 2.24) is 0 Å². The Hall–Kier alpha value is 0.748. The van der Waals surface area contributed by atoms with E-state index in [2.05, 4.69) is 72.8 Å². The van der Waals surface area contributed by atoms with Crippen molar-refractivity contribution in [2.45, 2.75) is 91.7 Å². The SMILES string of the molecule is CC(C)CCC[Si](O[Si](C)(C)C)(O[Si](C)(C)C)O[Si](C)(C)C. The fourth-order valence-electron chi connectivity index (χ4n) is 2.34. The zero-order valence-corrected chi connectivity index (χ0v) is 20.9. The van der Waals surface area contributed by atoms with Gasteiger partial charge in [0.1, 0.15) is 0 Å². The molecule has 0 fully saturated rings. The van der Waals surface area contributed by atoms with Gasteiger partial charge in [0.2, 0.25) is 0 Å². The molecule has 0 saturated carbocycles. The Morgan fingerprint density at radius 3 is 1.18 bits per heavy atom. The first-order chi connectivity index (χ1) is 9.54. The molecule has 0 heterocycles. The van der Waals surface area contributed by atoms with Crippen molar-refractivity contribution in [3.8, 4) is 0 Å². The Kier molecular flexibility index (Phi) is 8.50. The molecule has 0 aliphatic carbocycles. The van der Waals surface area contributed by atoms with E-state index in [0.717, 1.165) is 18.4 Å². The largest absolute Gasteiger partial charge is 0.469 e. The zero-order valence-electron chi connectivity index (χ0n) is 16.9. The lowest BCUT2D eigenvalue weighted by Crippen LogP contribution is -2.60. The molecule has 0 saturated heterocycles. The third-order valence-electron chi connectivity index (χ3n) is 2.65. The molecule has 0 amide bonds. The van der Waals surface area contributed by atoms with Crippen LogP contribution in [0.3, 0.4) is 0 Å². The first-order valence-corrected chi connectivity index (χ1v) is 20.8. The summed E-state index contributed by atoms with van der Waals surface area (Å²) >= 11 is 0. The predicted octanol–water partition coefficient (Wildman–Crippen LogP) is 5.92. The van der Waals surface area contributed by atoms with Crippen LogP contribution >= 0.6 is 0 Å². The van der Waals surface area contributed by atoms with E-state index in [1.165, 1.54) is 6.42 Å². The predicted molar refractivity (Wildman–Crippen MR) is 108 cm³/mol. The molecule has 0 rings (SSSR count). The Morgan fingerprint density at radius 2 is 0.955 bits per heavy atom. The van der Waals surface area contributed by atoms with E-state index >= 15 is 0 Å². The van der Waals surface area contributed by atoms with Crippen molar-refractivity contribution in [2.75, 3.05) is 0 Å². The monoisotopic (exact) mass is 380 g/mol. The Labute approximate surface area is 143 Å². The number of hydrogen-bond acceptors (Lipinski definition) is 3. The van der Waals surface area contributed by atoms with Gasteiger partial charge in [0.25, 0.3) is 0 Å². The van der Waals surface area contributed by atoms with Gasteiger partial charge in [-0.15, -0.1) is 0 Å². The van der Waals surface area contributed by atoms with Crippen molar-refractivity contribution < 1.29 is 12.3 Å². The van der Waals surface area contributed by atoms with Gasteiger partial charge in [0.05, 0.1) is 0 Å². The van der Waals surface area contributed by atoms with E-state index < -0.39 is 33.8 Å². The molecule has 22 heavy (non-hydrogen) atoms. The van der Waals surface area contributed by atoms with Crippen molar-refractivity contribution in [3.05, 3.63) is 0 Å². The molecule has 0 aromatic carbocycles. The summed E-state index contributed by atoms with van der Waals surface area (Å²) in [6, 6.07) is 0.976. The smallest absolute Gasteiger partial charge is 0.417 e. The number of rotatable bonds is 10. The van der Waals surface area contributed by atoms with Crippen molar-refractivity contribution in [3.63, 3.8) is 0 Å². The van der Waals surface area contributed by atoms with Crippen LogP contribution < -0.4 is 0 Å². The zero-order chi connectivity index (χ0) is 17.8. The second kappa shape index (κ2) is 8.22. The lowest BCUT2D eigenvalue weighted by atomic mass is 10.1. The van der Waals surface area contributed by atoms with Crippen molar-refractivity contribution in [1.29, 1.82) is 0 Å². The van der Waals surface area contributed by atoms with Gasteiger partial charge in [-0.2, -0.15) is 0 Å². The molecule has 0 radical (unpaired) electrons. The van der Waals surface area contributed by atoms with Gasteiger partial charge in [-0.1, -0.05) is 20.3 Å². The van der Waals surface area contributed by atoms with Gasteiger partial charge in [-0.3, -0.25) is 0 Å². The van der Waals surface area contributed by atoms with Crippen molar-refractivity contribution in [2.24, 2.45) is 5.92 Å². The molecule has 0 N–H and O–H groups in total. The van der Waals surface area contributed by atoms with Crippen LogP contribution in [-0.2, 0) is 12.3 Å². The fraction of sp³-hybridized carbons (Fsp3) is 1.00. The van der Waals surface area contributed by atoms with Gasteiger partial charge >= 0.3 is 8.80 Å². The van der Waals surface area contributed by atoms with Gasteiger partial charge in [0.15, 0.2) is 25.0 Å². The first-order valence-electron chi connectivity index (χ1n) is 8.64. The second-order valence-corrected chi connectivity index (χ2v) is 26.6. The molecule has 0 spiro atoms. The minimum Gasteiger partial charge on any atom is -0.417 e. The summed E-state index contributed by atoms with van der Waals surface area (Å²) < 4.78 is 20.0. The van der Waals surface area contributed by atoms with Crippen LogP contribution in [0.2, 0.25) is 65.0 Å². The highest BCUT2D eigenvalue weighted by molar-refractivity contribution is 6.90. The van der Waals surface area contributed by atoms with Gasteiger partial charge < -0.3 is 12.3 Å². The summed E-state index contributed by atoms with van der Waals surface area (Å²) in [5.41, 5.74) is 0. The van der Waals surface area contributed by atoms with E-state index in [-0.39, 0.29) is 0 Å². The molecule has 0 atom stereocenters. The molecule has 134 valence electrons. The Morgan fingerprint density at radius 1 is 0.636 bits per heavy atom. The summed E-state index contributed by atoms with van der Waals surface area (Å²) in [6.07, 6.45) is 2.36. The summed E-state index contributed by atoms with van der Waals surface area (Å²) in [7, 11) is -7.72. The van der Waals surface area contributed by atoms with E-state index in [9.17, 15) is 0 Å². The normalized spacial score (nSPS) is 14.7. The molecule has 0 aromatic rings. The summed E-state index contributed by atoms with van der Waals surface area (Å²) in [5, 5.41) is 0. The van der Waals surface area contributed by atoms with Gasteiger partial charge in [0, 0.05) is 6.04 Å². The minimum absolute atomic E-state index is 0.720. The summed E-state index contributed by atoms with van der Waals surface area (Å²) in [4.78, 5) is 0. The average molecular weight is 381 g/mol. The molecule has 0 bridgehead atoms. The van der Waals surface area contributed by atoms with E-state index in [4.69, 9.17) is 12.3 Å². The highest BCUT2D eigenvalue weighted by Crippen LogP contribution is 2.30. The molecule has 0 aliphatic rings. The molecule has 0 unspecified atom stereocenters. The third kappa shape index (κ3) is 12.2. The maximum Gasteiger partial charge on any atom is 0.469 e. The molecule has 0 aliphatic heterocycles. The highest BCUT2D eigenvalue weighted by Gasteiger charge is 2.49. The lowest BCUT2D eigenvalue weighted by molar-refractivity contribution is 0.249. The van der Waals surface area contributed by atoms with Crippen LogP contribution in [-0.4, -0.2) is 33.8 Å². The molecule has 0 aromatic heterocycles. The maximum atomic E-state index is 6.66. The topological polar surface area (TPSA) is 27.7 Å². The minimum atomic E-state index is -2.58. The third-order valence-corrected chi connectivity index (χ3v) is 14.7. The first kappa shape index (κ1) is 22.7. The summed E-state index contributed by atoms with van der Waals surface area (Å²) in [5.74, 6) is 0.720. The molecular weight excluding hydrogens is 341 g/mol.